The zero-order valence-electron chi connectivity index (χ0n) is 7.09. The molecule has 13 heavy (non-hydrogen) atoms. The first-order valence-electron chi connectivity index (χ1n) is 3.97. The van der Waals surface area contributed by atoms with Crippen molar-refractivity contribution in [3.63, 3.8) is 0 Å². The Hall–Kier alpha value is -0.470. The van der Waals surface area contributed by atoms with Crippen LogP contribution >= 0.6 is 23.2 Å². The van der Waals surface area contributed by atoms with Crippen LogP contribution in [0.4, 0.5) is 0 Å². The van der Waals surface area contributed by atoms with E-state index in [-0.39, 0.29) is 0 Å². The number of nitrogens with zero attached hydrogens (tertiary/aromatic N) is 1. The predicted octanol–water partition coefficient (Wildman–Crippen LogP) is 3.38. The van der Waals surface area contributed by atoms with E-state index in [9.17, 15) is 0 Å². The molecule has 0 atom stereocenters. The fraction of sp³-hybridized carbons (Fsp3) is 0.333. The largest absolute Gasteiger partial charge is 0.492 e. The summed E-state index contributed by atoms with van der Waals surface area (Å²) in [6.45, 7) is 4.33. The van der Waals surface area contributed by atoms with Crippen molar-refractivity contribution >= 4 is 23.2 Å². The zero-order chi connectivity index (χ0) is 9.68. The van der Waals surface area contributed by atoms with Crippen LogP contribution in [0.15, 0.2) is 12.3 Å². The van der Waals surface area contributed by atoms with Crippen molar-refractivity contribution in [1.82, 2.24) is 4.98 Å². The van der Waals surface area contributed by atoms with Crippen LogP contribution in [0.2, 0.25) is 10.2 Å². The van der Waals surface area contributed by atoms with Crippen LogP contribution in [0.25, 0.3) is 0 Å². The molecule has 0 aliphatic heterocycles. The van der Waals surface area contributed by atoms with Gasteiger partial charge in [0.1, 0.15) is 10.9 Å². The SMILES string of the molecule is [CH2]CCCOc1cnc(Cl)c(Cl)c1. The molecular formula is C9H10Cl2NO. The molecule has 0 aromatic carbocycles. The van der Waals surface area contributed by atoms with Gasteiger partial charge in [-0.25, -0.2) is 4.98 Å². The van der Waals surface area contributed by atoms with Gasteiger partial charge in [-0.3, -0.25) is 0 Å². The van der Waals surface area contributed by atoms with E-state index < -0.39 is 0 Å². The fourth-order valence-electron chi connectivity index (χ4n) is 0.775. The lowest BCUT2D eigenvalue weighted by Crippen LogP contribution is -1.96. The van der Waals surface area contributed by atoms with Crippen LogP contribution in [0.1, 0.15) is 12.8 Å². The summed E-state index contributed by atoms with van der Waals surface area (Å²) in [6.07, 6.45) is 3.33. The van der Waals surface area contributed by atoms with Gasteiger partial charge in [-0.15, -0.1) is 0 Å². The quantitative estimate of drug-likeness (QED) is 0.572. The average molecular weight is 219 g/mol. The number of ether oxygens (including phenoxy) is 1. The molecule has 0 saturated heterocycles. The normalized spacial score (nSPS) is 10.1. The number of pyridine rings is 1. The second-order valence-electron chi connectivity index (χ2n) is 2.50. The Morgan fingerprint density at radius 2 is 2.23 bits per heavy atom. The van der Waals surface area contributed by atoms with E-state index in [1.54, 1.807) is 12.3 Å². The molecular weight excluding hydrogens is 209 g/mol. The number of aromatic nitrogens is 1. The molecule has 0 aliphatic carbocycles. The molecule has 1 aromatic heterocycles. The van der Waals surface area contributed by atoms with Crippen molar-refractivity contribution in [3.05, 3.63) is 29.4 Å². The van der Waals surface area contributed by atoms with Crippen LogP contribution < -0.4 is 4.74 Å². The van der Waals surface area contributed by atoms with Gasteiger partial charge in [0.05, 0.1) is 17.8 Å². The predicted molar refractivity (Wildman–Crippen MR) is 54.3 cm³/mol. The molecule has 1 heterocycles. The lowest BCUT2D eigenvalue weighted by molar-refractivity contribution is 0.311. The summed E-state index contributed by atoms with van der Waals surface area (Å²) in [7, 11) is 0. The van der Waals surface area contributed by atoms with E-state index in [1.807, 2.05) is 0 Å². The van der Waals surface area contributed by atoms with Crippen molar-refractivity contribution < 1.29 is 4.74 Å². The molecule has 1 rings (SSSR count). The van der Waals surface area contributed by atoms with Crippen LogP contribution in [-0.2, 0) is 0 Å². The lowest BCUT2D eigenvalue weighted by atomic mass is 10.4. The Labute approximate surface area is 87.8 Å². The topological polar surface area (TPSA) is 22.1 Å². The third-order valence-electron chi connectivity index (χ3n) is 1.43. The van der Waals surface area contributed by atoms with Gasteiger partial charge in [-0.1, -0.05) is 36.5 Å². The average Bonchev–Trinajstić information content (AvgIpc) is 2.12. The number of hydrogen-bond acceptors (Lipinski definition) is 2. The molecule has 0 aliphatic rings. The lowest BCUT2D eigenvalue weighted by Gasteiger charge is -2.04. The molecule has 0 amide bonds. The number of rotatable bonds is 4. The highest BCUT2D eigenvalue weighted by atomic mass is 35.5. The van der Waals surface area contributed by atoms with Gasteiger partial charge < -0.3 is 4.74 Å². The van der Waals surface area contributed by atoms with E-state index in [0.29, 0.717) is 22.5 Å². The molecule has 1 aromatic rings. The molecule has 2 nitrogen and oxygen atoms in total. The first-order valence-corrected chi connectivity index (χ1v) is 4.72. The van der Waals surface area contributed by atoms with Gasteiger partial charge in [0.25, 0.3) is 0 Å². The highest BCUT2D eigenvalue weighted by Crippen LogP contribution is 2.23. The Bertz CT molecular complexity index is 278. The minimum atomic E-state index is 0.297. The minimum Gasteiger partial charge on any atom is -0.492 e. The maximum Gasteiger partial charge on any atom is 0.147 e. The zero-order valence-corrected chi connectivity index (χ0v) is 8.61. The van der Waals surface area contributed by atoms with Gasteiger partial charge in [-0.05, 0) is 6.42 Å². The Morgan fingerprint density at radius 3 is 2.85 bits per heavy atom. The first kappa shape index (κ1) is 10.6. The van der Waals surface area contributed by atoms with Gasteiger partial charge >= 0.3 is 0 Å². The van der Waals surface area contributed by atoms with Crippen molar-refractivity contribution in [2.75, 3.05) is 6.61 Å². The maximum absolute atomic E-state index is 5.74. The molecule has 0 N–H and O–H groups in total. The van der Waals surface area contributed by atoms with E-state index in [1.165, 1.54) is 0 Å². The summed E-state index contributed by atoms with van der Waals surface area (Å²) in [5.74, 6) is 0.642. The summed E-state index contributed by atoms with van der Waals surface area (Å²) < 4.78 is 5.34. The van der Waals surface area contributed by atoms with Crippen molar-refractivity contribution in [3.8, 4) is 5.75 Å². The molecule has 0 saturated carbocycles. The smallest absolute Gasteiger partial charge is 0.147 e. The Kier molecular flexibility index (Phi) is 4.33. The van der Waals surface area contributed by atoms with Crippen molar-refractivity contribution in [1.29, 1.82) is 0 Å². The second kappa shape index (κ2) is 5.30. The Balaban J connectivity index is 2.53. The van der Waals surface area contributed by atoms with Crippen molar-refractivity contribution in [2.24, 2.45) is 0 Å². The molecule has 0 spiro atoms. The molecule has 0 unspecified atom stereocenters. The third-order valence-corrected chi connectivity index (χ3v) is 2.12. The van der Waals surface area contributed by atoms with Crippen LogP contribution in [0.5, 0.6) is 5.75 Å². The number of unbranched alkanes of at least 4 members (excludes halogenated alkanes) is 1. The maximum atomic E-state index is 5.74. The van der Waals surface area contributed by atoms with E-state index in [2.05, 4.69) is 11.9 Å². The summed E-state index contributed by atoms with van der Waals surface area (Å²) in [5.41, 5.74) is 0. The summed E-state index contributed by atoms with van der Waals surface area (Å²) >= 11 is 11.4. The Morgan fingerprint density at radius 1 is 1.46 bits per heavy atom. The van der Waals surface area contributed by atoms with E-state index in [0.717, 1.165) is 12.8 Å². The van der Waals surface area contributed by atoms with Crippen molar-refractivity contribution in [2.45, 2.75) is 12.8 Å². The van der Waals surface area contributed by atoms with Crippen LogP contribution in [0, 0.1) is 6.92 Å². The van der Waals surface area contributed by atoms with Gasteiger partial charge in [-0.2, -0.15) is 0 Å². The monoisotopic (exact) mass is 218 g/mol. The molecule has 1 radical (unpaired) electrons. The highest BCUT2D eigenvalue weighted by Gasteiger charge is 2.00. The molecule has 0 bridgehead atoms. The summed E-state index contributed by atoms with van der Waals surface area (Å²) in [4.78, 5) is 3.85. The molecule has 0 fully saturated rings. The highest BCUT2D eigenvalue weighted by molar-refractivity contribution is 6.41. The molecule has 4 heteroatoms. The third kappa shape index (κ3) is 3.41. The number of halogens is 2. The first-order chi connectivity index (χ1) is 6.24. The number of hydrogen-bond donors (Lipinski definition) is 0. The van der Waals surface area contributed by atoms with Crippen LogP contribution in [0.3, 0.4) is 0 Å². The summed E-state index contributed by atoms with van der Waals surface area (Å²) in [6, 6.07) is 1.65. The van der Waals surface area contributed by atoms with E-state index >= 15 is 0 Å². The van der Waals surface area contributed by atoms with E-state index in [4.69, 9.17) is 27.9 Å². The minimum absolute atomic E-state index is 0.297. The fourth-order valence-corrected chi connectivity index (χ4v) is 1.03. The van der Waals surface area contributed by atoms with Crippen LogP contribution in [-0.4, -0.2) is 11.6 Å². The standard InChI is InChI=1S/C9H10Cl2NO/c1-2-3-4-13-7-5-8(10)9(11)12-6-7/h5-6H,1-4H2. The second-order valence-corrected chi connectivity index (χ2v) is 3.26. The van der Waals surface area contributed by atoms with Gasteiger partial charge in [0, 0.05) is 6.07 Å². The molecule has 71 valence electrons. The summed E-state index contributed by atoms with van der Waals surface area (Å²) in [5, 5.41) is 0.708. The van der Waals surface area contributed by atoms with Gasteiger partial charge in [0.15, 0.2) is 0 Å². The van der Waals surface area contributed by atoms with Gasteiger partial charge in [0.2, 0.25) is 0 Å².